The second-order valence-corrected chi connectivity index (χ2v) is 5.34. The third-order valence-electron chi connectivity index (χ3n) is 3.41. The lowest BCUT2D eigenvalue weighted by Gasteiger charge is -2.37. The predicted molar refractivity (Wildman–Crippen MR) is 80.0 cm³/mol. The third-order valence-corrected chi connectivity index (χ3v) is 3.85. The largest absolute Gasteiger partial charge is 0.382 e. The molecule has 0 saturated carbocycles. The van der Waals surface area contributed by atoms with Gasteiger partial charge in [0, 0.05) is 39.4 Å². The first-order valence-electron chi connectivity index (χ1n) is 6.92. The summed E-state index contributed by atoms with van der Waals surface area (Å²) in [6, 6.07) is 0.552. The van der Waals surface area contributed by atoms with E-state index in [1.54, 1.807) is 0 Å². The van der Waals surface area contributed by atoms with E-state index in [0.29, 0.717) is 6.04 Å². The van der Waals surface area contributed by atoms with Gasteiger partial charge in [0.25, 0.3) is 0 Å². The van der Waals surface area contributed by atoms with Crippen LogP contribution in [-0.4, -0.2) is 67.9 Å². The Bertz CT molecular complexity index is 250. The lowest BCUT2D eigenvalue weighted by atomic mass is 10.1. The van der Waals surface area contributed by atoms with E-state index in [9.17, 15) is 0 Å². The monoisotopic (exact) mass is 273 g/mol. The predicted octanol–water partition coefficient (Wildman–Crippen LogP) is 1.31. The molecule has 0 aromatic rings. The average molecular weight is 273 g/mol. The molecule has 0 aliphatic carbocycles. The molecule has 1 atom stereocenters. The van der Waals surface area contributed by atoms with Gasteiger partial charge in [-0.05, 0) is 52.0 Å². The summed E-state index contributed by atoms with van der Waals surface area (Å²) in [5.41, 5.74) is 0. The first-order valence-corrected chi connectivity index (χ1v) is 7.33. The van der Waals surface area contributed by atoms with Crippen LogP contribution in [-0.2, 0) is 4.74 Å². The van der Waals surface area contributed by atoms with E-state index in [-0.39, 0.29) is 0 Å². The number of hydrogen-bond acceptors (Lipinski definition) is 3. The molecule has 1 aliphatic rings. The molecule has 1 aliphatic heterocycles. The van der Waals surface area contributed by atoms with Gasteiger partial charge in [0.05, 0.1) is 0 Å². The van der Waals surface area contributed by atoms with Gasteiger partial charge in [-0.25, -0.2) is 0 Å². The molecule has 0 spiro atoms. The van der Waals surface area contributed by atoms with Gasteiger partial charge in [-0.15, -0.1) is 0 Å². The zero-order valence-electron chi connectivity index (χ0n) is 11.9. The first-order chi connectivity index (χ1) is 8.65. The van der Waals surface area contributed by atoms with Crippen molar-refractivity contribution >= 4 is 17.3 Å². The number of piperidine rings is 1. The highest BCUT2D eigenvalue weighted by molar-refractivity contribution is 7.80. The number of likely N-dealkylation sites (tertiary alicyclic amines) is 1. The lowest BCUT2D eigenvalue weighted by Crippen LogP contribution is -2.50. The fourth-order valence-corrected chi connectivity index (χ4v) is 2.51. The van der Waals surface area contributed by atoms with Crippen LogP contribution in [0.3, 0.4) is 0 Å². The molecule has 0 radical (unpaired) electrons. The normalized spacial score (nSPS) is 20.7. The van der Waals surface area contributed by atoms with Crippen molar-refractivity contribution in [2.75, 3.05) is 46.9 Å². The number of thiocarbonyl (C=S) groups is 1. The fraction of sp³-hybridized carbons (Fsp3) is 0.923. The molecule has 0 aromatic carbocycles. The van der Waals surface area contributed by atoms with Gasteiger partial charge in [0.15, 0.2) is 5.11 Å². The van der Waals surface area contributed by atoms with Crippen LogP contribution >= 0.6 is 12.2 Å². The average Bonchev–Trinajstić information content (AvgIpc) is 2.37. The summed E-state index contributed by atoms with van der Waals surface area (Å²) in [6.07, 6.45) is 3.51. The van der Waals surface area contributed by atoms with E-state index < -0.39 is 0 Å². The van der Waals surface area contributed by atoms with Crippen molar-refractivity contribution in [1.82, 2.24) is 15.1 Å². The molecule has 1 saturated heterocycles. The number of hydrogen-bond donors (Lipinski definition) is 1. The van der Waals surface area contributed by atoms with Crippen LogP contribution in [0.5, 0.6) is 0 Å². The van der Waals surface area contributed by atoms with Crippen molar-refractivity contribution in [3.05, 3.63) is 0 Å². The second-order valence-electron chi connectivity index (χ2n) is 4.95. The Morgan fingerprint density at radius 2 is 2.33 bits per heavy atom. The molecule has 1 unspecified atom stereocenters. The minimum atomic E-state index is 0.552. The lowest BCUT2D eigenvalue weighted by molar-refractivity contribution is 0.145. The van der Waals surface area contributed by atoms with Crippen molar-refractivity contribution in [3.63, 3.8) is 0 Å². The van der Waals surface area contributed by atoms with Crippen LogP contribution in [0, 0.1) is 0 Å². The Hall–Kier alpha value is -0.390. The van der Waals surface area contributed by atoms with Gasteiger partial charge < -0.3 is 19.9 Å². The number of ether oxygens (including phenoxy) is 1. The highest BCUT2D eigenvalue weighted by atomic mass is 32.1. The molecule has 4 nitrogen and oxygen atoms in total. The molecule has 1 fully saturated rings. The van der Waals surface area contributed by atoms with Crippen molar-refractivity contribution < 1.29 is 4.74 Å². The van der Waals surface area contributed by atoms with Crippen LogP contribution in [0.4, 0.5) is 0 Å². The van der Waals surface area contributed by atoms with E-state index >= 15 is 0 Å². The Balaban J connectivity index is 2.19. The summed E-state index contributed by atoms with van der Waals surface area (Å²) in [7, 11) is 4.28. The van der Waals surface area contributed by atoms with Crippen LogP contribution < -0.4 is 5.32 Å². The van der Waals surface area contributed by atoms with Crippen molar-refractivity contribution in [2.45, 2.75) is 32.2 Å². The Morgan fingerprint density at radius 3 is 3.00 bits per heavy atom. The standard InChI is InChI=1S/C13H27N3OS/c1-4-17-10-6-8-14-13(18)16(3)12-7-5-9-15(2)11-12/h12H,4-11H2,1-3H3,(H,14,18). The second kappa shape index (κ2) is 8.67. The fourth-order valence-electron chi connectivity index (χ4n) is 2.26. The maximum Gasteiger partial charge on any atom is 0.168 e. The number of nitrogens with one attached hydrogen (secondary N) is 1. The molecule has 106 valence electrons. The molecule has 1 rings (SSSR count). The van der Waals surface area contributed by atoms with Crippen molar-refractivity contribution in [3.8, 4) is 0 Å². The molecule has 0 aromatic heterocycles. The summed E-state index contributed by atoms with van der Waals surface area (Å²) in [4.78, 5) is 4.59. The first kappa shape index (κ1) is 15.7. The molecule has 5 heteroatoms. The molecule has 1 N–H and O–H groups in total. The SMILES string of the molecule is CCOCCCNC(=S)N(C)C1CCCN(C)C1. The van der Waals surface area contributed by atoms with Gasteiger partial charge in [0.2, 0.25) is 0 Å². The van der Waals surface area contributed by atoms with Gasteiger partial charge in [-0.2, -0.15) is 0 Å². The Labute approximate surface area is 117 Å². The molecular formula is C13H27N3OS. The Kier molecular flexibility index (Phi) is 7.54. The highest BCUT2D eigenvalue weighted by Crippen LogP contribution is 2.13. The summed E-state index contributed by atoms with van der Waals surface area (Å²) < 4.78 is 5.30. The third kappa shape index (κ3) is 5.50. The summed E-state index contributed by atoms with van der Waals surface area (Å²) >= 11 is 5.43. The van der Waals surface area contributed by atoms with Crippen LogP contribution in [0.25, 0.3) is 0 Å². The molecule has 1 heterocycles. The maximum atomic E-state index is 5.43. The van der Waals surface area contributed by atoms with E-state index in [4.69, 9.17) is 17.0 Å². The van der Waals surface area contributed by atoms with Gasteiger partial charge in [-0.3, -0.25) is 0 Å². The summed E-state index contributed by atoms with van der Waals surface area (Å²) in [5.74, 6) is 0. The van der Waals surface area contributed by atoms with E-state index in [1.807, 2.05) is 6.92 Å². The van der Waals surface area contributed by atoms with Crippen molar-refractivity contribution in [1.29, 1.82) is 0 Å². The minimum absolute atomic E-state index is 0.552. The minimum Gasteiger partial charge on any atom is -0.382 e. The number of likely N-dealkylation sites (N-methyl/N-ethyl adjacent to an activating group) is 2. The molecule has 0 amide bonds. The van der Waals surface area contributed by atoms with Crippen LogP contribution in [0.2, 0.25) is 0 Å². The van der Waals surface area contributed by atoms with E-state index in [0.717, 1.165) is 37.8 Å². The smallest absolute Gasteiger partial charge is 0.168 e. The van der Waals surface area contributed by atoms with E-state index in [2.05, 4.69) is 29.2 Å². The zero-order valence-corrected chi connectivity index (χ0v) is 12.8. The van der Waals surface area contributed by atoms with Gasteiger partial charge in [-0.1, -0.05) is 0 Å². The quantitative estimate of drug-likeness (QED) is 0.582. The highest BCUT2D eigenvalue weighted by Gasteiger charge is 2.22. The summed E-state index contributed by atoms with van der Waals surface area (Å²) in [5, 5.41) is 4.18. The van der Waals surface area contributed by atoms with E-state index in [1.165, 1.54) is 19.4 Å². The topological polar surface area (TPSA) is 27.7 Å². The number of rotatable bonds is 6. The molecule has 18 heavy (non-hydrogen) atoms. The molecule has 0 bridgehead atoms. The zero-order chi connectivity index (χ0) is 13.4. The van der Waals surface area contributed by atoms with Crippen LogP contribution in [0.1, 0.15) is 26.2 Å². The van der Waals surface area contributed by atoms with Gasteiger partial charge >= 0.3 is 0 Å². The Morgan fingerprint density at radius 1 is 1.56 bits per heavy atom. The summed E-state index contributed by atoms with van der Waals surface area (Å²) in [6.45, 7) is 6.83. The number of nitrogens with zero attached hydrogens (tertiary/aromatic N) is 2. The van der Waals surface area contributed by atoms with Gasteiger partial charge in [0.1, 0.15) is 0 Å². The maximum absolute atomic E-state index is 5.43. The molecular weight excluding hydrogens is 246 g/mol. The van der Waals surface area contributed by atoms with Crippen LogP contribution in [0.15, 0.2) is 0 Å². The van der Waals surface area contributed by atoms with Crippen molar-refractivity contribution in [2.24, 2.45) is 0 Å².